The third kappa shape index (κ3) is 3.91. The maximum Gasteiger partial charge on any atom is 0.223 e. The summed E-state index contributed by atoms with van der Waals surface area (Å²) in [6, 6.07) is 7.63. The summed E-state index contributed by atoms with van der Waals surface area (Å²) in [4.78, 5) is 17.3. The van der Waals surface area contributed by atoms with Crippen molar-refractivity contribution in [3.63, 3.8) is 0 Å². The number of nitrogens with zero attached hydrogens (tertiary/aromatic N) is 5. The van der Waals surface area contributed by atoms with Gasteiger partial charge in [0.15, 0.2) is 0 Å². The highest BCUT2D eigenvalue weighted by molar-refractivity contribution is 5.54. The van der Waals surface area contributed by atoms with Crippen molar-refractivity contribution in [1.82, 2.24) is 24.5 Å². The maximum atomic E-state index is 4.52. The number of nitrogens with one attached hydrogen (secondary N) is 1. The van der Waals surface area contributed by atoms with Crippen molar-refractivity contribution in [1.29, 1.82) is 0 Å². The van der Waals surface area contributed by atoms with Gasteiger partial charge in [-0.3, -0.25) is 4.98 Å². The summed E-state index contributed by atoms with van der Waals surface area (Å²) in [5.74, 6) is 1.16. The zero-order chi connectivity index (χ0) is 16.1. The van der Waals surface area contributed by atoms with Crippen LogP contribution in [0.3, 0.4) is 0 Å². The number of imidazole rings is 1. The predicted molar refractivity (Wildman–Crippen MR) is 89.7 cm³/mol. The first-order valence-corrected chi connectivity index (χ1v) is 7.69. The molecule has 6 nitrogen and oxygen atoms in total. The third-order valence-corrected chi connectivity index (χ3v) is 3.37. The van der Waals surface area contributed by atoms with Crippen LogP contribution in [0.25, 0.3) is 11.4 Å². The number of hydrogen-bond acceptors (Lipinski definition) is 5. The van der Waals surface area contributed by atoms with Crippen molar-refractivity contribution in [2.75, 3.05) is 5.32 Å². The number of hydrogen-bond donors (Lipinski definition) is 1. The summed E-state index contributed by atoms with van der Waals surface area (Å²) in [6.45, 7) is 5.97. The van der Waals surface area contributed by atoms with Crippen LogP contribution in [0.4, 0.5) is 5.95 Å². The quantitative estimate of drug-likeness (QED) is 0.758. The molecule has 0 unspecified atom stereocenters. The average Bonchev–Trinajstić information content (AvgIpc) is 3.00. The second-order valence-corrected chi connectivity index (χ2v) is 5.77. The Balaban J connectivity index is 1.71. The molecule has 0 saturated carbocycles. The van der Waals surface area contributed by atoms with Crippen molar-refractivity contribution in [3.05, 3.63) is 54.9 Å². The van der Waals surface area contributed by atoms with Crippen molar-refractivity contribution in [2.24, 2.45) is 5.92 Å². The van der Waals surface area contributed by atoms with Crippen LogP contribution in [-0.2, 0) is 13.1 Å². The topological polar surface area (TPSA) is 68.5 Å². The molecule has 0 spiro atoms. The molecule has 0 atom stereocenters. The summed E-state index contributed by atoms with van der Waals surface area (Å²) in [5, 5.41) is 3.26. The molecule has 0 fully saturated rings. The van der Waals surface area contributed by atoms with E-state index in [0.717, 1.165) is 23.6 Å². The van der Waals surface area contributed by atoms with Gasteiger partial charge >= 0.3 is 0 Å². The molecular formula is C17H20N6. The number of anilines is 1. The molecular weight excluding hydrogens is 288 g/mol. The summed E-state index contributed by atoms with van der Waals surface area (Å²) in [5.41, 5.74) is 2.76. The molecule has 0 saturated heterocycles. The Kier molecular flexibility index (Phi) is 4.61. The van der Waals surface area contributed by atoms with Gasteiger partial charge in [-0.1, -0.05) is 19.9 Å². The lowest BCUT2D eigenvalue weighted by Gasteiger charge is -2.11. The second kappa shape index (κ2) is 7.00. The molecule has 6 heteroatoms. The molecule has 3 aromatic heterocycles. The molecule has 23 heavy (non-hydrogen) atoms. The van der Waals surface area contributed by atoms with Gasteiger partial charge in [0.1, 0.15) is 0 Å². The van der Waals surface area contributed by atoms with Gasteiger partial charge in [-0.2, -0.15) is 0 Å². The first-order chi connectivity index (χ1) is 11.2. The Morgan fingerprint density at radius 1 is 1.09 bits per heavy atom. The number of rotatable bonds is 6. The standard InChI is InChI=1S/C17H20N6/c1-13(2)11-23-12-18-9-14(23)10-21-17-20-8-6-16(22-17)15-5-3-4-7-19-15/h3-9,12-13H,10-11H2,1-2H3,(H,20,21,22). The van der Waals surface area contributed by atoms with E-state index in [9.17, 15) is 0 Å². The molecule has 0 bridgehead atoms. The zero-order valence-electron chi connectivity index (χ0n) is 13.3. The molecule has 1 N–H and O–H groups in total. The van der Waals surface area contributed by atoms with Gasteiger partial charge in [-0.25, -0.2) is 15.0 Å². The van der Waals surface area contributed by atoms with Crippen LogP contribution in [0.5, 0.6) is 0 Å². The summed E-state index contributed by atoms with van der Waals surface area (Å²) in [6.07, 6.45) is 7.24. The molecule has 3 rings (SSSR count). The Morgan fingerprint density at radius 2 is 2.00 bits per heavy atom. The third-order valence-electron chi connectivity index (χ3n) is 3.37. The number of aromatic nitrogens is 5. The van der Waals surface area contributed by atoms with E-state index in [2.05, 4.69) is 43.7 Å². The summed E-state index contributed by atoms with van der Waals surface area (Å²) >= 11 is 0. The van der Waals surface area contributed by atoms with Crippen molar-refractivity contribution >= 4 is 5.95 Å². The molecule has 118 valence electrons. The van der Waals surface area contributed by atoms with Gasteiger partial charge in [-0.05, 0) is 24.1 Å². The molecule has 0 aliphatic heterocycles. The van der Waals surface area contributed by atoms with Crippen LogP contribution in [-0.4, -0.2) is 24.5 Å². The van der Waals surface area contributed by atoms with E-state index in [1.165, 1.54) is 0 Å². The smallest absolute Gasteiger partial charge is 0.223 e. The predicted octanol–water partition coefficient (Wildman–Crippen LogP) is 3.00. The van der Waals surface area contributed by atoms with Crippen molar-refractivity contribution < 1.29 is 0 Å². The van der Waals surface area contributed by atoms with Crippen LogP contribution in [0.1, 0.15) is 19.5 Å². The Morgan fingerprint density at radius 3 is 2.78 bits per heavy atom. The van der Waals surface area contributed by atoms with Gasteiger partial charge < -0.3 is 9.88 Å². The maximum absolute atomic E-state index is 4.52. The summed E-state index contributed by atoms with van der Waals surface area (Å²) < 4.78 is 2.15. The molecule has 3 heterocycles. The monoisotopic (exact) mass is 308 g/mol. The van der Waals surface area contributed by atoms with E-state index in [-0.39, 0.29) is 0 Å². The van der Waals surface area contributed by atoms with E-state index in [1.54, 1.807) is 12.4 Å². The minimum atomic E-state index is 0.576. The van der Waals surface area contributed by atoms with Crippen LogP contribution in [0.15, 0.2) is 49.2 Å². The molecule has 0 aliphatic rings. The van der Waals surface area contributed by atoms with Crippen LogP contribution >= 0.6 is 0 Å². The van der Waals surface area contributed by atoms with E-state index in [4.69, 9.17) is 0 Å². The SMILES string of the molecule is CC(C)Cn1cncc1CNc1nccc(-c2ccccn2)n1. The van der Waals surface area contributed by atoms with Gasteiger partial charge in [-0.15, -0.1) is 0 Å². The minimum Gasteiger partial charge on any atom is -0.349 e. The van der Waals surface area contributed by atoms with E-state index < -0.39 is 0 Å². The highest BCUT2D eigenvalue weighted by Crippen LogP contribution is 2.14. The molecule has 0 radical (unpaired) electrons. The zero-order valence-corrected chi connectivity index (χ0v) is 13.3. The Labute approximate surface area is 135 Å². The molecule has 0 amide bonds. The molecule has 0 aromatic carbocycles. The second-order valence-electron chi connectivity index (χ2n) is 5.77. The van der Waals surface area contributed by atoms with E-state index in [1.807, 2.05) is 36.8 Å². The first-order valence-electron chi connectivity index (χ1n) is 7.69. The highest BCUT2D eigenvalue weighted by atomic mass is 15.1. The van der Waals surface area contributed by atoms with E-state index in [0.29, 0.717) is 18.4 Å². The van der Waals surface area contributed by atoms with Crippen molar-refractivity contribution in [3.8, 4) is 11.4 Å². The fourth-order valence-electron chi connectivity index (χ4n) is 2.32. The molecule has 3 aromatic rings. The van der Waals surface area contributed by atoms with Crippen LogP contribution in [0.2, 0.25) is 0 Å². The lowest BCUT2D eigenvalue weighted by molar-refractivity contribution is 0.511. The average molecular weight is 308 g/mol. The summed E-state index contributed by atoms with van der Waals surface area (Å²) in [7, 11) is 0. The van der Waals surface area contributed by atoms with Crippen molar-refractivity contribution in [2.45, 2.75) is 26.9 Å². The normalized spacial score (nSPS) is 10.9. The lowest BCUT2D eigenvalue weighted by Crippen LogP contribution is -2.11. The lowest BCUT2D eigenvalue weighted by atomic mass is 10.2. The highest BCUT2D eigenvalue weighted by Gasteiger charge is 2.06. The fourth-order valence-corrected chi connectivity index (χ4v) is 2.32. The first kappa shape index (κ1) is 15.1. The molecule has 0 aliphatic carbocycles. The van der Waals surface area contributed by atoms with Crippen LogP contribution < -0.4 is 5.32 Å². The Bertz CT molecular complexity index is 751. The fraction of sp³-hybridized carbons (Fsp3) is 0.294. The Hall–Kier alpha value is -2.76. The minimum absolute atomic E-state index is 0.576. The van der Waals surface area contributed by atoms with Crippen LogP contribution in [0, 0.1) is 5.92 Å². The van der Waals surface area contributed by atoms with Gasteiger partial charge in [0.25, 0.3) is 0 Å². The van der Waals surface area contributed by atoms with Gasteiger partial charge in [0.2, 0.25) is 5.95 Å². The number of pyridine rings is 1. The van der Waals surface area contributed by atoms with Gasteiger partial charge in [0, 0.05) is 25.1 Å². The van der Waals surface area contributed by atoms with E-state index >= 15 is 0 Å². The largest absolute Gasteiger partial charge is 0.349 e. The van der Waals surface area contributed by atoms with Gasteiger partial charge in [0.05, 0.1) is 30.0 Å².